The molecule has 0 rings (SSSR count). The molecule has 0 spiro atoms. The van der Waals surface area contributed by atoms with Crippen LogP contribution in [0.2, 0.25) is 0 Å². The fourth-order valence-corrected chi connectivity index (χ4v) is 0. The van der Waals surface area contributed by atoms with Crippen LogP contribution in [0.3, 0.4) is 0 Å². The minimum Gasteiger partial charge on any atom is -0.790 e. The summed E-state index contributed by atoms with van der Waals surface area (Å²) in [5.41, 5.74) is 0. The molecule has 0 amide bonds. The summed E-state index contributed by atoms with van der Waals surface area (Å²) >= 11 is 0. The van der Waals surface area contributed by atoms with E-state index in [1.807, 2.05) is 0 Å². The summed E-state index contributed by atoms with van der Waals surface area (Å²) in [6.45, 7) is 0. The van der Waals surface area contributed by atoms with E-state index in [1.165, 1.54) is 0 Å². The molecule has 43 valence electrons. The summed E-state index contributed by atoms with van der Waals surface area (Å²) in [4.78, 5) is 24.3. The molecule has 0 aromatic heterocycles. The van der Waals surface area contributed by atoms with E-state index >= 15 is 0 Å². The monoisotopic (exact) mass is 207 g/mol. The Labute approximate surface area is 55.4 Å². The van der Waals surface area contributed by atoms with Crippen LogP contribution >= 0.6 is 7.82 Å². The number of phosphoric acid groups is 1. The van der Waals surface area contributed by atoms with Crippen molar-refractivity contribution in [3.8, 4) is 0 Å². The molecule has 0 saturated carbocycles. The molecule has 7 heteroatoms. The first-order chi connectivity index (χ1) is 2.00. The maximum atomic E-state index is 8.66. The molecule has 0 aromatic carbocycles. The molecule has 0 saturated heterocycles. The van der Waals surface area contributed by atoms with Crippen molar-refractivity contribution in [2.24, 2.45) is 0 Å². The van der Waals surface area contributed by atoms with Gasteiger partial charge in [-0.15, -0.1) is 0 Å². The molecule has 0 unspecified atom stereocenters. The Morgan fingerprint density at radius 2 is 1.43 bits per heavy atom. The largest absolute Gasteiger partial charge is 2.00 e. The summed E-state index contributed by atoms with van der Waals surface area (Å²) in [6, 6.07) is 0. The van der Waals surface area contributed by atoms with E-state index in [1.54, 1.807) is 0 Å². The van der Waals surface area contributed by atoms with Gasteiger partial charge in [0.2, 0.25) is 0 Å². The molecule has 7 heavy (non-hydrogen) atoms. The van der Waals surface area contributed by atoms with Crippen LogP contribution in [0.5, 0.6) is 0 Å². The first kappa shape index (κ1) is 15.7. The normalized spacial score (nSPS) is 8.43. The molecule has 0 bridgehead atoms. The van der Waals surface area contributed by atoms with E-state index < -0.39 is 7.82 Å². The molecule has 0 atom stereocenters. The SMILES string of the molecule is O.O=P([O-])([O-])O.[Nb+2]. The number of hydrogen-bond donors (Lipinski definition) is 1. The number of hydrogen-bond acceptors (Lipinski definition) is 3. The van der Waals surface area contributed by atoms with Gasteiger partial charge in [-0.3, -0.25) is 0 Å². The van der Waals surface area contributed by atoms with Crippen molar-refractivity contribution in [1.29, 1.82) is 0 Å². The predicted octanol–water partition coefficient (Wildman–Crippen LogP) is -3.02. The van der Waals surface area contributed by atoms with Crippen molar-refractivity contribution < 1.29 is 47.1 Å². The molecule has 3 N–H and O–H groups in total. The molecular weight excluding hydrogens is 204 g/mol. The third-order valence-corrected chi connectivity index (χ3v) is 0. The first-order valence-electron chi connectivity index (χ1n) is 0.748. The zero-order valence-corrected chi connectivity index (χ0v) is 6.16. The second-order valence-corrected chi connectivity index (χ2v) is 1.41. The van der Waals surface area contributed by atoms with Crippen molar-refractivity contribution in [2.45, 2.75) is 0 Å². The van der Waals surface area contributed by atoms with Gasteiger partial charge in [0.15, 0.2) is 0 Å². The minimum absolute atomic E-state index is 0. The minimum atomic E-state index is -5.14. The van der Waals surface area contributed by atoms with Gasteiger partial charge in [0, 0.05) is 0 Å². The van der Waals surface area contributed by atoms with Gasteiger partial charge in [-0.2, -0.15) is 0 Å². The van der Waals surface area contributed by atoms with Gasteiger partial charge < -0.3 is 24.7 Å². The zero-order valence-electron chi connectivity index (χ0n) is 3.07. The fourth-order valence-electron chi connectivity index (χ4n) is 0. The van der Waals surface area contributed by atoms with Crippen LogP contribution in [-0.4, -0.2) is 10.4 Å². The van der Waals surface area contributed by atoms with E-state index in [0.717, 1.165) is 0 Å². The zero-order chi connectivity index (χ0) is 4.50. The second-order valence-electron chi connectivity index (χ2n) is 0.469. The van der Waals surface area contributed by atoms with Crippen LogP contribution in [0, 0.1) is 0 Å². The fraction of sp³-hybridized carbons (Fsp3) is 0. The Balaban J connectivity index is -0.0000000800. The van der Waals surface area contributed by atoms with Crippen molar-refractivity contribution in [3.63, 3.8) is 0 Å². The third kappa shape index (κ3) is 240. The maximum Gasteiger partial charge on any atom is 2.00 e. The molecule has 0 aliphatic rings. The first-order valence-corrected chi connectivity index (χ1v) is 2.24. The van der Waals surface area contributed by atoms with E-state index in [-0.39, 0.29) is 27.9 Å². The summed E-state index contributed by atoms with van der Waals surface area (Å²) < 4.78 is 8.66. The molecule has 5 nitrogen and oxygen atoms in total. The van der Waals surface area contributed by atoms with Gasteiger partial charge in [-0.25, -0.2) is 0 Å². The molecule has 0 heterocycles. The molecule has 0 aliphatic carbocycles. The average molecular weight is 207 g/mol. The van der Waals surface area contributed by atoms with Crippen molar-refractivity contribution in [2.75, 3.05) is 0 Å². The Bertz CT molecular complexity index is 54.2. The molecule has 0 aromatic rings. The van der Waals surface area contributed by atoms with Crippen molar-refractivity contribution in [3.05, 3.63) is 0 Å². The van der Waals surface area contributed by atoms with Crippen LogP contribution in [0.1, 0.15) is 0 Å². The quantitative estimate of drug-likeness (QED) is 0.336. The van der Waals surface area contributed by atoms with Crippen LogP contribution < -0.4 is 9.79 Å². The predicted molar refractivity (Wildman–Crippen MR) is 13.4 cm³/mol. The molecular formula is H3NbO5P. The van der Waals surface area contributed by atoms with E-state index in [0.29, 0.717) is 0 Å². The average Bonchev–Trinajstić information content (AvgIpc) is 0.722. The summed E-state index contributed by atoms with van der Waals surface area (Å²) in [6.07, 6.45) is 0. The maximum absolute atomic E-state index is 8.66. The van der Waals surface area contributed by atoms with Gasteiger partial charge in [-0.05, 0) is 0 Å². The topological polar surface area (TPSA) is 115 Å². The molecule has 1 radical (unpaired) electrons. The van der Waals surface area contributed by atoms with Gasteiger partial charge in [0.1, 0.15) is 0 Å². The summed E-state index contributed by atoms with van der Waals surface area (Å²) in [7, 11) is -5.14. The number of rotatable bonds is 0. The Morgan fingerprint density at radius 1 is 1.43 bits per heavy atom. The van der Waals surface area contributed by atoms with Crippen LogP contribution in [0.25, 0.3) is 0 Å². The Kier molecular flexibility index (Phi) is 11.1. The molecule has 0 aliphatic heterocycles. The third-order valence-electron chi connectivity index (χ3n) is 0. The van der Waals surface area contributed by atoms with Crippen molar-refractivity contribution >= 4 is 7.82 Å². The Hall–Kier alpha value is 0.810. The van der Waals surface area contributed by atoms with Crippen LogP contribution in [0.15, 0.2) is 0 Å². The van der Waals surface area contributed by atoms with Gasteiger partial charge in [-0.1, -0.05) is 0 Å². The van der Waals surface area contributed by atoms with E-state index in [2.05, 4.69) is 0 Å². The van der Waals surface area contributed by atoms with E-state index in [4.69, 9.17) is 19.2 Å². The molecule has 0 fully saturated rings. The standard InChI is InChI=1S/Nb.H3O4P.H2O/c;1-5(2,3)4;/h;(H3,1,2,3,4);1H2/q+2;;/p-2. The summed E-state index contributed by atoms with van der Waals surface area (Å²) in [5, 5.41) is 0. The van der Waals surface area contributed by atoms with Crippen LogP contribution in [-0.2, 0) is 26.9 Å². The summed E-state index contributed by atoms with van der Waals surface area (Å²) in [5.74, 6) is 0. The van der Waals surface area contributed by atoms with Gasteiger partial charge in [0.05, 0.1) is 7.82 Å². The Morgan fingerprint density at radius 3 is 1.43 bits per heavy atom. The van der Waals surface area contributed by atoms with Crippen LogP contribution in [0.4, 0.5) is 0 Å². The smallest absolute Gasteiger partial charge is 0.790 e. The van der Waals surface area contributed by atoms with Gasteiger partial charge >= 0.3 is 22.4 Å². The van der Waals surface area contributed by atoms with Crippen molar-refractivity contribution in [1.82, 2.24) is 0 Å². The second kappa shape index (κ2) is 4.96. The van der Waals surface area contributed by atoms with Gasteiger partial charge in [0.25, 0.3) is 0 Å². The van der Waals surface area contributed by atoms with E-state index in [9.17, 15) is 0 Å².